The molecule has 1 aliphatic heterocycles. The van der Waals surface area contributed by atoms with Gasteiger partial charge >= 0.3 is 0 Å². The zero-order valence-corrected chi connectivity index (χ0v) is 12.7. The Bertz CT molecular complexity index is 291. The summed E-state index contributed by atoms with van der Waals surface area (Å²) < 4.78 is 0. The number of nitrogens with one attached hydrogen (secondary N) is 1. The highest BCUT2D eigenvalue weighted by atomic mass is 16.3. The molecule has 3 heteroatoms. The summed E-state index contributed by atoms with van der Waals surface area (Å²) in [6.45, 7) is 18.6. The van der Waals surface area contributed by atoms with Crippen LogP contribution in [-0.4, -0.2) is 47.8 Å². The lowest BCUT2D eigenvalue weighted by Crippen LogP contribution is -2.49. The van der Waals surface area contributed by atoms with Crippen LogP contribution >= 0.6 is 0 Å². The van der Waals surface area contributed by atoms with Crippen molar-refractivity contribution in [2.24, 2.45) is 5.41 Å². The van der Waals surface area contributed by atoms with Crippen LogP contribution in [0.15, 0.2) is 12.2 Å². The number of hydrogen-bond acceptors (Lipinski definition) is 3. The lowest BCUT2D eigenvalue weighted by Gasteiger charge is -2.42. The van der Waals surface area contributed by atoms with Gasteiger partial charge < -0.3 is 10.4 Å². The molecule has 0 aromatic carbocycles. The Balaban J connectivity index is 2.37. The number of aliphatic hydroxyl groups excluding tert-OH is 1. The van der Waals surface area contributed by atoms with Gasteiger partial charge in [-0.15, -0.1) is 0 Å². The summed E-state index contributed by atoms with van der Waals surface area (Å²) in [6, 6.07) is 0. The molecule has 106 valence electrons. The molecule has 0 saturated carbocycles. The Kier molecular flexibility index (Phi) is 4.98. The van der Waals surface area contributed by atoms with E-state index in [0.717, 1.165) is 32.6 Å². The van der Waals surface area contributed by atoms with E-state index in [0.29, 0.717) is 0 Å². The van der Waals surface area contributed by atoms with E-state index in [1.807, 2.05) is 0 Å². The Morgan fingerprint density at radius 2 is 2.06 bits per heavy atom. The minimum Gasteiger partial charge on any atom is -0.392 e. The molecule has 1 atom stereocenters. The molecule has 0 aliphatic carbocycles. The second-order valence-corrected chi connectivity index (χ2v) is 7.36. The molecule has 1 fully saturated rings. The first kappa shape index (κ1) is 15.7. The minimum atomic E-state index is -0.172. The van der Waals surface area contributed by atoms with E-state index in [4.69, 9.17) is 0 Å². The van der Waals surface area contributed by atoms with Gasteiger partial charge in [0.2, 0.25) is 0 Å². The van der Waals surface area contributed by atoms with E-state index in [1.165, 1.54) is 5.57 Å². The second-order valence-electron chi connectivity index (χ2n) is 7.36. The number of aliphatic hydroxyl groups is 1. The average molecular weight is 254 g/mol. The molecule has 1 unspecified atom stereocenters. The zero-order valence-electron chi connectivity index (χ0n) is 12.7. The molecule has 3 nitrogen and oxygen atoms in total. The highest BCUT2D eigenvalue weighted by molar-refractivity contribution is 5.02. The summed E-state index contributed by atoms with van der Waals surface area (Å²) in [5.41, 5.74) is 1.35. The topological polar surface area (TPSA) is 35.5 Å². The molecule has 1 saturated heterocycles. The molecule has 0 radical (unpaired) electrons. The van der Waals surface area contributed by atoms with Gasteiger partial charge in [0, 0.05) is 37.1 Å². The third-order valence-electron chi connectivity index (χ3n) is 3.57. The molecule has 0 aromatic rings. The number of rotatable bonds is 4. The number of hydrogen-bond donors (Lipinski definition) is 2. The van der Waals surface area contributed by atoms with Gasteiger partial charge in [0.05, 0.1) is 6.10 Å². The molecule has 0 amide bonds. The summed E-state index contributed by atoms with van der Waals surface area (Å²) >= 11 is 0. The molecule has 1 rings (SSSR count). The van der Waals surface area contributed by atoms with Gasteiger partial charge in [-0.1, -0.05) is 20.4 Å². The number of piperidine rings is 1. The first-order valence-corrected chi connectivity index (χ1v) is 6.92. The van der Waals surface area contributed by atoms with Gasteiger partial charge in [-0.3, -0.25) is 4.90 Å². The van der Waals surface area contributed by atoms with Crippen molar-refractivity contribution < 1.29 is 5.11 Å². The van der Waals surface area contributed by atoms with Crippen molar-refractivity contribution in [3.05, 3.63) is 12.2 Å². The van der Waals surface area contributed by atoms with Crippen LogP contribution in [-0.2, 0) is 0 Å². The lowest BCUT2D eigenvalue weighted by atomic mass is 9.81. The highest BCUT2D eigenvalue weighted by Gasteiger charge is 2.34. The van der Waals surface area contributed by atoms with E-state index >= 15 is 0 Å². The van der Waals surface area contributed by atoms with E-state index in [-0.39, 0.29) is 17.1 Å². The van der Waals surface area contributed by atoms with Gasteiger partial charge in [0.15, 0.2) is 0 Å². The SMILES string of the molecule is C=C(CNC(C)(C)C)CN1CCC(O)C(C)(C)C1. The lowest BCUT2D eigenvalue weighted by molar-refractivity contribution is -0.0216. The van der Waals surface area contributed by atoms with Crippen LogP contribution in [0, 0.1) is 5.41 Å². The summed E-state index contributed by atoms with van der Waals surface area (Å²) in [5, 5.41) is 13.4. The third kappa shape index (κ3) is 5.09. The quantitative estimate of drug-likeness (QED) is 0.754. The van der Waals surface area contributed by atoms with E-state index in [2.05, 4.69) is 51.4 Å². The molecule has 18 heavy (non-hydrogen) atoms. The predicted molar refractivity (Wildman–Crippen MR) is 77.7 cm³/mol. The Morgan fingerprint density at radius 3 is 2.56 bits per heavy atom. The van der Waals surface area contributed by atoms with Crippen LogP contribution in [0.1, 0.15) is 41.0 Å². The number of nitrogens with zero attached hydrogens (tertiary/aromatic N) is 1. The van der Waals surface area contributed by atoms with Gasteiger partial charge in [0.25, 0.3) is 0 Å². The summed E-state index contributed by atoms with van der Waals surface area (Å²) in [4.78, 5) is 2.40. The summed E-state index contributed by atoms with van der Waals surface area (Å²) in [5.74, 6) is 0. The van der Waals surface area contributed by atoms with Crippen molar-refractivity contribution in [2.45, 2.75) is 52.7 Å². The molecule has 0 spiro atoms. The maximum absolute atomic E-state index is 9.94. The molecule has 2 N–H and O–H groups in total. The van der Waals surface area contributed by atoms with Crippen LogP contribution in [0.5, 0.6) is 0 Å². The summed E-state index contributed by atoms with van der Waals surface area (Å²) in [6.07, 6.45) is 0.696. The smallest absolute Gasteiger partial charge is 0.0615 e. The maximum Gasteiger partial charge on any atom is 0.0615 e. The van der Waals surface area contributed by atoms with Crippen molar-refractivity contribution in [2.75, 3.05) is 26.2 Å². The summed E-state index contributed by atoms with van der Waals surface area (Å²) in [7, 11) is 0. The minimum absolute atomic E-state index is 0.00398. The Morgan fingerprint density at radius 1 is 1.44 bits per heavy atom. The predicted octanol–water partition coefficient (Wildman–Crippen LogP) is 2.02. The van der Waals surface area contributed by atoms with Crippen molar-refractivity contribution >= 4 is 0 Å². The fourth-order valence-electron chi connectivity index (χ4n) is 2.35. The van der Waals surface area contributed by atoms with Crippen LogP contribution in [0.25, 0.3) is 0 Å². The van der Waals surface area contributed by atoms with Crippen molar-refractivity contribution in [1.82, 2.24) is 10.2 Å². The molecular weight excluding hydrogens is 224 g/mol. The van der Waals surface area contributed by atoms with Gasteiger partial charge in [0.1, 0.15) is 0 Å². The standard InChI is InChI=1S/C15H30N2O/c1-12(9-16-14(2,3)4)10-17-8-7-13(18)15(5,6)11-17/h13,16,18H,1,7-11H2,2-6H3. The Labute approximate surface area is 112 Å². The zero-order chi connectivity index (χ0) is 14.0. The fourth-order valence-corrected chi connectivity index (χ4v) is 2.35. The monoisotopic (exact) mass is 254 g/mol. The molecule has 0 aromatic heterocycles. The van der Waals surface area contributed by atoms with E-state index < -0.39 is 0 Å². The maximum atomic E-state index is 9.94. The van der Waals surface area contributed by atoms with Crippen LogP contribution in [0.4, 0.5) is 0 Å². The third-order valence-corrected chi connectivity index (χ3v) is 3.57. The van der Waals surface area contributed by atoms with Crippen molar-refractivity contribution in [1.29, 1.82) is 0 Å². The Hall–Kier alpha value is -0.380. The van der Waals surface area contributed by atoms with Crippen LogP contribution in [0.2, 0.25) is 0 Å². The normalized spacial score (nSPS) is 25.1. The van der Waals surface area contributed by atoms with E-state index in [1.54, 1.807) is 0 Å². The first-order chi connectivity index (χ1) is 8.10. The van der Waals surface area contributed by atoms with Crippen molar-refractivity contribution in [3.8, 4) is 0 Å². The number of likely N-dealkylation sites (tertiary alicyclic amines) is 1. The first-order valence-electron chi connectivity index (χ1n) is 6.92. The molecular formula is C15H30N2O. The average Bonchev–Trinajstić information content (AvgIpc) is 2.19. The van der Waals surface area contributed by atoms with Crippen LogP contribution in [0.3, 0.4) is 0 Å². The largest absolute Gasteiger partial charge is 0.392 e. The van der Waals surface area contributed by atoms with Gasteiger partial charge in [-0.2, -0.15) is 0 Å². The van der Waals surface area contributed by atoms with E-state index in [9.17, 15) is 5.11 Å². The molecule has 0 bridgehead atoms. The van der Waals surface area contributed by atoms with Gasteiger partial charge in [-0.25, -0.2) is 0 Å². The molecule has 1 aliphatic rings. The van der Waals surface area contributed by atoms with Crippen LogP contribution < -0.4 is 5.32 Å². The molecule has 1 heterocycles. The van der Waals surface area contributed by atoms with Gasteiger partial charge in [-0.05, 0) is 32.8 Å². The fraction of sp³-hybridized carbons (Fsp3) is 0.867. The highest BCUT2D eigenvalue weighted by Crippen LogP contribution is 2.29. The van der Waals surface area contributed by atoms with Crippen molar-refractivity contribution in [3.63, 3.8) is 0 Å². The second kappa shape index (κ2) is 5.72.